The Labute approximate surface area is 250 Å². The van der Waals surface area contributed by atoms with Crippen molar-refractivity contribution in [3.63, 3.8) is 0 Å². The third kappa shape index (κ3) is 4.31. The third-order valence-corrected chi connectivity index (χ3v) is 10.3. The van der Waals surface area contributed by atoms with Gasteiger partial charge in [-0.2, -0.15) is 0 Å². The van der Waals surface area contributed by atoms with Crippen LogP contribution in [-0.2, 0) is 15.0 Å². The van der Waals surface area contributed by atoms with Crippen LogP contribution in [0.3, 0.4) is 0 Å². The van der Waals surface area contributed by atoms with Gasteiger partial charge in [0.2, 0.25) is 0 Å². The van der Waals surface area contributed by atoms with E-state index in [0.717, 1.165) is 40.4 Å². The van der Waals surface area contributed by atoms with Crippen molar-refractivity contribution < 1.29 is 19.5 Å². The fourth-order valence-corrected chi connectivity index (χ4v) is 8.84. The normalized spacial score (nSPS) is 27.6. The van der Waals surface area contributed by atoms with E-state index in [1.54, 1.807) is 6.08 Å². The van der Waals surface area contributed by atoms with Crippen LogP contribution in [0.4, 0.5) is 5.69 Å². The number of benzene rings is 2. The number of aryl methyl sites for hydroxylation is 1. The first-order valence-electron chi connectivity index (χ1n) is 14.7. The summed E-state index contributed by atoms with van der Waals surface area (Å²) in [6.07, 6.45) is 9.89. The first kappa shape index (κ1) is 26.8. The van der Waals surface area contributed by atoms with Crippen molar-refractivity contribution in [2.45, 2.75) is 57.8 Å². The third-order valence-electron chi connectivity index (χ3n) is 10.0. The number of hydrogen-bond acceptors (Lipinski definition) is 4. The van der Waals surface area contributed by atoms with Crippen LogP contribution in [0.1, 0.15) is 71.4 Å². The first-order chi connectivity index (χ1) is 20.1. The minimum absolute atomic E-state index is 0.0386. The molecule has 5 fully saturated rings. The molecule has 8 rings (SSSR count). The number of rotatable bonds is 5. The quantitative estimate of drug-likeness (QED) is 0.217. The maximum Gasteiger partial charge on any atom is 0.335 e. The van der Waals surface area contributed by atoms with Crippen LogP contribution in [0.2, 0.25) is 0 Å². The molecule has 4 aliphatic carbocycles. The average Bonchev–Trinajstić information content (AvgIpc) is 3.22. The van der Waals surface area contributed by atoms with Gasteiger partial charge in [-0.25, -0.2) is 4.79 Å². The molecule has 5 aliphatic rings. The molecule has 1 aromatic heterocycles. The van der Waals surface area contributed by atoms with Crippen LogP contribution in [0.25, 0.3) is 11.8 Å². The fraction of sp³-hybridized carbons (Fsp3) is 0.353. The molecule has 4 bridgehead atoms. The Hall–Kier alpha value is -4.04. The van der Waals surface area contributed by atoms with Gasteiger partial charge in [0.15, 0.2) is 5.11 Å². The van der Waals surface area contributed by atoms with Crippen molar-refractivity contribution in [3.05, 3.63) is 88.2 Å². The lowest BCUT2D eigenvalue weighted by Crippen LogP contribution is -2.54. The van der Waals surface area contributed by atoms with E-state index in [2.05, 4.69) is 34.1 Å². The zero-order valence-electron chi connectivity index (χ0n) is 23.7. The summed E-state index contributed by atoms with van der Waals surface area (Å²) < 4.78 is 2.16. The number of hydrogen-bond donors (Lipinski definition) is 2. The number of nitrogens with one attached hydrogen (secondary N) is 1. The number of carbonyl (C=O) groups excluding carboxylic acids is 2. The number of carboxylic acid groups (broad SMARTS) is 1. The topological polar surface area (TPSA) is 91.6 Å². The number of aromatic nitrogens is 1. The number of thiocarbonyl (C=S) groups is 1. The van der Waals surface area contributed by atoms with Crippen molar-refractivity contribution in [1.29, 1.82) is 0 Å². The molecule has 2 aromatic carbocycles. The van der Waals surface area contributed by atoms with Crippen LogP contribution < -0.4 is 10.2 Å². The Morgan fingerprint density at radius 1 is 0.929 bits per heavy atom. The largest absolute Gasteiger partial charge is 0.478 e. The van der Waals surface area contributed by atoms with Gasteiger partial charge in [-0.1, -0.05) is 12.1 Å². The number of carbonyl (C=O) groups is 3. The van der Waals surface area contributed by atoms with Crippen LogP contribution >= 0.6 is 12.2 Å². The molecule has 2 amide bonds. The summed E-state index contributed by atoms with van der Waals surface area (Å²) in [5.74, 6) is 0.504. The molecule has 2 heterocycles. The summed E-state index contributed by atoms with van der Waals surface area (Å²) in [4.78, 5) is 38.9. The Bertz CT molecular complexity index is 1650. The highest BCUT2D eigenvalue weighted by atomic mass is 32.1. The second kappa shape index (κ2) is 9.76. The standard InChI is InChI=1S/C34H33N3O4S/c1-19-11-25(15-29-30(38)35-33(42)37(31(29)39)28-7-3-24(4-8-28)32(40)41)20(2)36(19)27-9-5-26(6-10-27)34-16-21-12-22(17-34)14-23(13-21)18-34/h3-11,15,21-23H,12-14,16-18H2,1-2H3,(H,40,41)(H,35,38,42)/b29-15+. The Kier molecular flexibility index (Phi) is 6.24. The predicted octanol–water partition coefficient (Wildman–Crippen LogP) is 6.09. The van der Waals surface area contributed by atoms with Gasteiger partial charge in [-0.15, -0.1) is 0 Å². The van der Waals surface area contributed by atoms with E-state index in [1.807, 2.05) is 19.9 Å². The van der Waals surface area contributed by atoms with Crippen LogP contribution in [0.15, 0.2) is 60.2 Å². The Balaban J connectivity index is 1.18. The van der Waals surface area contributed by atoms with E-state index in [9.17, 15) is 19.5 Å². The van der Waals surface area contributed by atoms with E-state index in [1.165, 1.54) is 73.3 Å². The molecule has 0 spiro atoms. The van der Waals surface area contributed by atoms with Crippen molar-refractivity contribution in [2.75, 3.05) is 4.90 Å². The molecular formula is C34H33N3O4S. The maximum absolute atomic E-state index is 13.5. The molecule has 1 saturated heterocycles. The van der Waals surface area contributed by atoms with E-state index in [-0.39, 0.29) is 16.2 Å². The SMILES string of the molecule is Cc1cc(/C=C2\C(=O)NC(=S)N(c3ccc(C(=O)O)cc3)C2=O)c(C)n1-c1ccc(C23CC4CC(CC(C4)C2)C3)cc1. The molecule has 1 aliphatic heterocycles. The van der Waals surface area contributed by atoms with Gasteiger partial charge >= 0.3 is 5.97 Å². The summed E-state index contributed by atoms with van der Waals surface area (Å²) in [6.45, 7) is 4.01. The summed E-state index contributed by atoms with van der Waals surface area (Å²) in [5.41, 5.74) is 6.01. The van der Waals surface area contributed by atoms with Crippen LogP contribution in [-0.4, -0.2) is 32.6 Å². The maximum atomic E-state index is 13.5. The molecule has 0 radical (unpaired) electrons. The minimum Gasteiger partial charge on any atom is -0.478 e. The van der Waals surface area contributed by atoms with Crippen LogP contribution in [0.5, 0.6) is 0 Å². The van der Waals surface area contributed by atoms with Gasteiger partial charge in [0.25, 0.3) is 11.8 Å². The molecule has 0 unspecified atom stereocenters. The molecule has 7 nitrogen and oxygen atoms in total. The number of nitrogens with zero attached hydrogens (tertiary/aromatic N) is 2. The van der Waals surface area contributed by atoms with E-state index in [0.29, 0.717) is 11.1 Å². The van der Waals surface area contributed by atoms with Gasteiger partial charge in [0.05, 0.1) is 11.3 Å². The first-order valence-corrected chi connectivity index (χ1v) is 15.1. The molecule has 8 heteroatoms. The summed E-state index contributed by atoms with van der Waals surface area (Å²) in [7, 11) is 0. The highest BCUT2D eigenvalue weighted by Gasteiger charge is 2.51. The summed E-state index contributed by atoms with van der Waals surface area (Å²) in [6, 6.07) is 16.9. The highest BCUT2D eigenvalue weighted by Crippen LogP contribution is 2.60. The van der Waals surface area contributed by atoms with Gasteiger partial charge in [-0.05, 0) is 147 Å². The number of carboxylic acids is 1. The summed E-state index contributed by atoms with van der Waals surface area (Å²) >= 11 is 5.30. The number of anilines is 1. The van der Waals surface area contributed by atoms with Gasteiger partial charge in [0.1, 0.15) is 5.57 Å². The molecule has 2 N–H and O–H groups in total. The zero-order chi connectivity index (χ0) is 29.3. The number of amides is 2. The van der Waals surface area contributed by atoms with Crippen molar-refractivity contribution >= 4 is 46.9 Å². The molecule has 4 saturated carbocycles. The van der Waals surface area contributed by atoms with Crippen molar-refractivity contribution in [2.24, 2.45) is 17.8 Å². The molecule has 3 aromatic rings. The Morgan fingerprint density at radius 3 is 2.07 bits per heavy atom. The second-order valence-corrected chi connectivity index (χ2v) is 13.1. The smallest absolute Gasteiger partial charge is 0.335 e. The van der Waals surface area contributed by atoms with Gasteiger partial charge in [-0.3, -0.25) is 19.8 Å². The number of aromatic carboxylic acids is 1. The second-order valence-electron chi connectivity index (χ2n) is 12.7. The molecule has 214 valence electrons. The monoisotopic (exact) mass is 579 g/mol. The van der Waals surface area contributed by atoms with Crippen molar-refractivity contribution in [1.82, 2.24) is 9.88 Å². The molecule has 42 heavy (non-hydrogen) atoms. The fourth-order valence-electron chi connectivity index (χ4n) is 8.56. The predicted molar refractivity (Wildman–Crippen MR) is 165 cm³/mol. The minimum atomic E-state index is -1.07. The highest BCUT2D eigenvalue weighted by molar-refractivity contribution is 7.80. The lowest BCUT2D eigenvalue weighted by atomic mass is 9.48. The lowest BCUT2D eigenvalue weighted by molar-refractivity contribution is -0.122. The summed E-state index contributed by atoms with van der Waals surface area (Å²) in [5, 5.41) is 11.8. The van der Waals surface area contributed by atoms with E-state index < -0.39 is 17.8 Å². The lowest BCUT2D eigenvalue weighted by Gasteiger charge is -2.57. The van der Waals surface area contributed by atoms with E-state index >= 15 is 0 Å². The molecular weight excluding hydrogens is 546 g/mol. The zero-order valence-corrected chi connectivity index (χ0v) is 24.5. The van der Waals surface area contributed by atoms with Crippen LogP contribution in [0, 0.1) is 31.6 Å². The van der Waals surface area contributed by atoms with E-state index in [4.69, 9.17) is 12.2 Å². The van der Waals surface area contributed by atoms with Gasteiger partial charge < -0.3 is 9.67 Å². The molecule has 0 atom stereocenters. The Morgan fingerprint density at radius 2 is 1.50 bits per heavy atom. The van der Waals surface area contributed by atoms with Crippen molar-refractivity contribution in [3.8, 4) is 5.69 Å². The van der Waals surface area contributed by atoms with Gasteiger partial charge in [0, 0.05) is 17.1 Å². The average molecular weight is 580 g/mol.